The summed E-state index contributed by atoms with van der Waals surface area (Å²) in [6.07, 6.45) is 2.86. The van der Waals surface area contributed by atoms with Crippen molar-refractivity contribution in [3.05, 3.63) is 33.8 Å². The molecule has 0 aromatic heterocycles. The second kappa shape index (κ2) is 9.77. The summed E-state index contributed by atoms with van der Waals surface area (Å²) in [5, 5.41) is 1.06. The SMILES string of the molecule is CC1CN(CC2CCCN2CC(=O)N(C)Cc2ccc(Cl)c(Cl)c2)CC(C)O1. The molecule has 3 rings (SSSR count). The van der Waals surface area contributed by atoms with Crippen LogP contribution in [0.25, 0.3) is 0 Å². The van der Waals surface area contributed by atoms with Crippen molar-refractivity contribution in [3.63, 3.8) is 0 Å². The van der Waals surface area contributed by atoms with Crippen LogP contribution in [0.15, 0.2) is 18.2 Å². The maximum Gasteiger partial charge on any atom is 0.236 e. The molecule has 3 atom stereocenters. The molecule has 1 aromatic carbocycles. The van der Waals surface area contributed by atoms with E-state index < -0.39 is 0 Å². The van der Waals surface area contributed by atoms with Gasteiger partial charge in [-0.15, -0.1) is 0 Å². The molecule has 2 aliphatic heterocycles. The molecule has 7 heteroatoms. The van der Waals surface area contributed by atoms with Gasteiger partial charge in [0.2, 0.25) is 5.91 Å². The quantitative estimate of drug-likeness (QED) is 0.695. The van der Waals surface area contributed by atoms with Crippen molar-refractivity contribution in [2.24, 2.45) is 0 Å². The van der Waals surface area contributed by atoms with Crippen LogP contribution >= 0.6 is 23.2 Å². The highest BCUT2D eigenvalue weighted by atomic mass is 35.5. The number of carbonyl (C=O) groups excluding carboxylic acids is 1. The average molecular weight is 428 g/mol. The van der Waals surface area contributed by atoms with Gasteiger partial charge in [0.1, 0.15) is 0 Å². The number of ether oxygens (including phenoxy) is 1. The smallest absolute Gasteiger partial charge is 0.236 e. The monoisotopic (exact) mass is 427 g/mol. The Morgan fingerprint density at radius 1 is 1.21 bits per heavy atom. The van der Waals surface area contributed by atoms with Gasteiger partial charge < -0.3 is 9.64 Å². The van der Waals surface area contributed by atoms with E-state index in [1.807, 2.05) is 19.2 Å². The van der Waals surface area contributed by atoms with Crippen LogP contribution in [0.2, 0.25) is 10.0 Å². The normalized spacial score (nSPS) is 26.5. The maximum absolute atomic E-state index is 12.8. The molecule has 5 nitrogen and oxygen atoms in total. The Morgan fingerprint density at radius 3 is 2.61 bits per heavy atom. The molecule has 2 fully saturated rings. The molecule has 0 N–H and O–H groups in total. The molecule has 156 valence electrons. The molecule has 0 radical (unpaired) electrons. The number of hydrogen-bond acceptors (Lipinski definition) is 4. The molecule has 1 aromatic rings. The van der Waals surface area contributed by atoms with E-state index in [0.29, 0.717) is 29.2 Å². The number of hydrogen-bond donors (Lipinski definition) is 0. The van der Waals surface area contributed by atoms with E-state index in [1.165, 1.54) is 0 Å². The third-order valence-corrected chi connectivity index (χ3v) is 6.37. The van der Waals surface area contributed by atoms with E-state index in [-0.39, 0.29) is 18.1 Å². The highest BCUT2D eigenvalue weighted by Gasteiger charge is 2.31. The standard InChI is InChI=1S/C21H31Cl2N3O2/c1-15-10-25(11-16(2)28-15)13-18-5-4-8-26(18)14-21(27)24(3)12-17-6-7-19(22)20(23)9-17/h6-7,9,15-16,18H,4-5,8,10-14H2,1-3H3. The molecule has 2 saturated heterocycles. The van der Waals surface area contributed by atoms with E-state index >= 15 is 0 Å². The van der Waals surface area contributed by atoms with Crippen LogP contribution in [0.3, 0.4) is 0 Å². The molecule has 0 aliphatic carbocycles. The van der Waals surface area contributed by atoms with Gasteiger partial charge in [-0.1, -0.05) is 29.3 Å². The first kappa shape index (κ1) is 21.8. The Bertz CT molecular complexity index is 678. The molecular formula is C21H31Cl2N3O2. The van der Waals surface area contributed by atoms with Crippen LogP contribution in [-0.2, 0) is 16.1 Å². The summed E-state index contributed by atoms with van der Waals surface area (Å²) < 4.78 is 5.84. The van der Waals surface area contributed by atoms with Gasteiger partial charge in [-0.25, -0.2) is 0 Å². The van der Waals surface area contributed by atoms with Crippen LogP contribution < -0.4 is 0 Å². The van der Waals surface area contributed by atoms with Gasteiger partial charge in [0, 0.05) is 39.3 Å². The number of amides is 1. The predicted octanol–water partition coefficient (Wildman–Crippen LogP) is 3.53. The lowest BCUT2D eigenvalue weighted by molar-refractivity contribution is -0.132. The maximum atomic E-state index is 12.8. The number of morpholine rings is 1. The summed E-state index contributed by atoms with van der Waals surface area (Å²) in [5.74, 6) is 0.140. The molecule has 28 heavy (non-hydrogen) atoms. The number of likely N-dealkylation sites (tertiary alicyclic amines) is 1. The fourth-order valence-electron chi connectivity index (χ4n) is 4.34. The Hall–Kier alpha value is -0.850. The van der Waals surface area contributed by atoms with Crippen LogP contribution in [-0.4, -0.2) is 78.6 Å². The number of halogens is 2. The average Bonchev–Trinajstić information content (AvgIpc) is 3.04. The van der Waals surface area contributed by atoms with Crippen molar-refractivity contribution in [1.82, 2.24) is 14.7 Å². The van der Waals surface area contributed by atoms with Crippen LogP contribution in [0.5, 0.6) is 0 Å². The van der Waals surface area contributed by atoms with Crippen molar-refractivity contribution < 1.29 is 9.53 Å². The zero-order valence-electron chi connectivity index (χ0n) is 17.0. The summed E-state index contributed by atoms with van der Waals surface area (Å²) in [7, 11) is 1.85. The number of likely N-dealkylation sites (N-methyl/N-ethyl adjacent to an activating group) is 1. The Balaban J connectivity index is 1.52. The summed E-state index contributed by atoms with van der Waals surface area (Å²) >= 11 is 12.1. The van der Waals surface area contributed by atoms with Crippen molar-refractivity contribution in [2.75, 3.05) is 39.8 Å². The third-order valence-electron chi connectivity index (χ3n) is 5.63. The van der Waals surface area contributed by atoms with E-state index in [1.54, 1.807) is 11.0 Å². The summed E-state index contributed by atoms with van der Waals surface area (Å²) in [6, 6.07) is 5.96. The van der Waals surface area contributed by atoms with Crippen molar-refractivity contribution in [2.45, 2.75) is 51.5 Å². The van der Waals surface area contributed by atoms with E-state index in [9.17, 15) is 4.79 Å². The number of nitrogens with zero attached hydrogens (tertiary/aromatic N) is 3. The van der Waals surface area contributed by atoms with Crippen molar-refractivity contribution >= 4 is 29.1 Å². The number of carbonyl (C=O) groups is 1. The summed E-state index contributed by atoms with van der Waals surface area (Å²) in [6.45, 7) is 9.23. The lowest BCUT2D eigenvalue weighted by Gasteiger charge is -2.38. The minimum Gasteiger partial charge on any atom is -0.373 e. The molecule has 2 heterocycles. The van der Waals surface area contributed by atoms with E-state index in [0.717, 1.165) is 44.6 Å². The van der Waals surface area contributed by atoms with Gasteiger partial charge in [0.05, 0.1) is 28.8 Å². The third kappa shape index (κ3) is 5.83. The van der Waals surface area contributed by atoms with Gasteiger partial charge in [-0.05, 0) is 50.9 Å². The first-order chi connectivity index (χ1) is 13.3. The Morgan fingerprint density at radius 2 is 1.93 bits per heavy atom. The first-order valence-electron chi connectivity index (χ1n) is 10.1. The van der Waals surface area contributed by atoms with Crippen LogP contribution in [0.4, 0.5) is 0 Å². The fourth-order valence-corrected chi connectivity index (χ4v) is 4.66. The number of benzene rings is 1. The van der Waals surface area contributed by atoms with Gasteiger partial charge in [0.25, 0.3) is 0 Å². The molecular weight excluding hydrogens is 397 g/mol. The predicted molar refractivity (Wildman–Crippen MR) is 114 cm³/mol. The molecule has 3 unspecified atom stereocenters. The molecule has 2 aliphatic rings. The van der Waals surface area contributed by atoms with Crippen molar-refractivity contribution in [3.8, 4) is 0 Å². The number of rotatable bonds is 6. The topological polar surface area (TPSA) is 36.0 Å². The zero-order chi connectivity index (χ0) is 20.3. The minimum absolute atomic E-state index is 0.140. The largest absolute Gasteiger partial charge is 0.373 e. The van der Waals surface area contributed by atoms with Crippen LogP contribution in [0, 0.1) is 0 Å². The van der Waals surface area contributed by atoms with Crippen LogP contribution in [0.1, 0.15) is 32.3 Å². The Labute approximate surface area is 178 Å². The lowest BCUT2D eigenvalue weighted by atomic mass is 10.1. The molecule has 0 spiro atoms. The molecule has 1 amide bonds. The zero-order valence-corrected chi connectivity index (χ0v) is 18.5. The highest BCUT2D eigenvalue weighted by Crippen LogP contribution is 2.24. The first-order valence-corrected chi connectivity index (χ1v) is 10.9. The Kier molecular flexibility index (Phi) is 7.62. The van der Waals surface area contributed by atoms with E-state index in [2.05, 4.69) is 23.6 Å². The molecule has 0 saturated carbocycles. The summed E-state index contributed by atoms with van der Waals surface area (Å²) in [4.78, 5) is 19.4. The van der Waals surface area contributed by atoms with E-state index in [4.69, 9.17) is 27.9 Å². The van der Waals surface area contributed by atoms with Crippen molar-refractivity contribution in [1.29, 1.82) is 0 Å². The minimum atomic E-state index is 0.140. The summed E-state index contributed by atoms with van der Waals surface area (Å²) in [5.41, 5.74) is 0.986. The van der Waals surface area contributed by atoms with Gasteiger partial charge in [0.15, 0.2) is 0 Å². The second-order valence-electron chi connectivity index (χ2n) is 8.24. The lowest BCUT2D eigenvalue weighted by Crippen LogP contribution is -2.51. The van der Waals surface area contributed by atoms with Gasteiger partial charge >= 0.3 is 0 Å². The fraction of sp³-hybridized carbons (Fsp3) is 0.667. The van der Waals surface area contributed by atoms with Gasteiger partial charge in [-0.2, -0.15) is 0 Å². The molecule has 0 bridgehead atoms. The van der Waals surface area contributed by atoms with Gasteiger partial charge in [-0.3, -0.25) is 14.6 Å². The second-order valence-corrected chi connectivity index (χ2v) is 9.06. The highest BCUT2D eigenvalue weighted by molar-refractivity contribution is 6.42.